The van der Waals surface area contributed by atoms with Gasteiger partial charge in [-0.25, -0.2) is 9.78 Å². The average Bonchev–Trinajstić information content (AvgIpc) is 3.19. The molecule has 3 aromatic carbocycles. The van der Waals surface area contributed by atoms with Crippen LogP contribution in [-0.4, -0.2) is 22.1 Å². The van der Waals surface area contributed by atoms with Gasteiger partial charge >= 0.3 is 5.97 Å². The summed E-state index contributed by atoms with van der Waals surface area (Å²) in [5.41, 5.74) is 3.65. The van der Waals surface area contributed by atoms with Gasteiger partial charge in [-0.15, -0.1) is 0 Å². The van der Waals surface area contributed by atoms with Crippen molar-refractivity contribution in [2.75, 3.05) is 6.61 Å². The van der Waals surface area contributed by atoms with E-state index in [1.807, 2.05) is 61.5 Å². The Morgan fingerprint density at radius 2 is 1.27 bits per heavy atom. The van der Waals surface area contributed by atoms with Gasteiger partial charge < -0.3 is 9.30 Å². The molecule has 0 atom stereocenters. The molecule has 0 N–H and O–H groups in total. The lowest BCUT2D eigenvalue weighted by molar-refractivity contribution is 0.0519. The summed E-state index contributed by atoms with van der Waals surface area (Å²) in [4.78, 5) is 17.0. The van der Waals surface area contributed by atoms with Crippen LogP contribution >= 0.6 is 0 Å². The van der Waals surface area contributed by atoms with Crippen molar-refractivity contribution in [2.45, 2.75) is 19.4 Å². The topological polar surface area (TPSA) is 44.1 Å². The van der Waals surface area contributed by atoms with Crippen molar-refractivity contribution in [1.82, 2.24) is 9.55 Å². The first-order valence-electron chi connectivity index (χ1n) is 10.1. The third kappa shape index (κ3) is 3.20. The Morgan fingerprint density at radius 1 is 0.833 bits per heavy atom. The number of hydrogen-bond donors (Lipinski definition) is 0. The summed E-state index contributed by atoms with van der Waals surface area (Å²) in [5.74, 6) is -0.406. The molecule has 30 heavy (non-hydrogen) atoms. The van der Waals surface area contributed by atoms with Gasteiger partial charge in [-0.1, -0.05) is 91.0 Å². The highest BCUT2D eigenvalue weighted by Gasteiger charge is 2.40. The van der Waals surface area contributed by atoms with Gasteiger partial charge in [0.1, 0.15) is 5.54 Å². The molecule has 4 heteroatoms. The number of ether oxygens (including phenoxy) is 1. The standard InChI is InChI=1S/C26H24N2O2/c1-3-30-25(29)24-20(2)28(19-27-24)26(21-13-7-4-8-14-21,22-15-9-5-10-16-22)23-17-11-6-12-18-23/h4-19H,3H2,1-2H3. The number of carbonyl (C=O) groups excluding carboxylic acids is 1. The Hall–Kier alpha value is -3.66. The van der Waals surface area contributed by atoms with Crippen LogP contribution in [0.4, 0.5) is 0 Å². The van der Waals surface area contributed by atoms with E-state index in [0.717, 1.165) is 22.4 Å². The van der Waals surface area contributed by atoms with Gasteiger partial charge in [-0.2, -0.15) is 0 Å². The van der Waals surface area contributed by atoms with Gasteiger partial charge in [0.25, 0.3) is 0 Å². The van der Waals surface area contributed by atoms with Crippen LogP contribution < -0.4 is 0 Å². The zero-order valence-corrected chi connectivity index (χ0v) is 17.2. The molecule has 0 spiro atoms. The third-order valence-electron chi connectivity index (χ3n) is 5.41. The summed E-state index contributed by atoms with van der Waals surface area (Å²) in [5, 5.41) is 0. The first-order valence-corrected chi connectivity index (χ1v) is 10.1. The summed E-state index contributed by atoms with van der Waals surface area (Å²) in [6.07, 6.45) is 1.74. The van der Waals surface area contributed by atoms with E-state index < -0.39 is 11.5 Å². The Balaban J connectivity index is 2.08. The molecule has 4 nitrogen and oxygen atoms in total. The van der Waals surface area contributed by atoms with Crippen molar-refractivity contribution >= 4 is 5.97 Å². The van der Waals surface area contributed by atoms with Gasteiger partial charge in [0.05, 0.1) is 18.6 Å². The fourth-order valence-corrected chi connectivity index (χ4v) is 4.10. The number of benzene rings is 3. The molecule has 0 aliphatic heterocycles. The van der Waals surface area contributed by atoms with E-state index in [1.54, 1.807) is 13.3 Å². The van der Waals surface area contributed by atoms with E-state index in [1.165, 1.54) is 0 Å². The van der Waals surface area contributed by atoms with Crippen LogP contribution in [-0.2, 0) is 10.3 Å². The highest BCUT2D eigenvalue weighted by molar-refractivity contribution is 5.88. The van der Waals surface area contributed by atoms with Crippen LogP contribution in [0.1, 0.15) is 39.8 Å². The maximum atomic E-state index is 12.5. The highest BCUT2D eigenvalue weighted by atomic mass is 16.5. The Labute approximate surface area is 176 Å². The maximum Gasteiger partial charge on any atom is 0.358 e. The molecule has 4 aromatic rings. The number of hydrogen-bond acceptors (Lipinski definition) is 3. The second-order valence-corrected chi connectivity index (χ2v) is 7.08. The number of nitrogens with zero attached hydrogens (tertiary/aromatic N) is 2. The van der Waals surface area contributed by atoms with Gasteiger partial charge in [0.2, 0.25) is 0 Å². The zero-order chi connectivity index (χ0) is 21.0. The summed E-state index contributed by atoms with van der Waals surface area (Å²) in [6, 6.07) is 30.9. The number of rotatable bonds is 6. The predicted molar refractivity (Wildman–Crippen MR) is 118 cm³/mol. The minimum Gasteiger partial charge on any atom is -0.461 e. The van der Waals surface area contributed by atoms with Crippen molar-refractivity contribution in [1.29, 1.82) is 0 Å². The second-order valence-electron chi connectivity index (χ2n) is 7.08. The Bertz CT molecular complexity index is 1020. The lowest BCUT2D eigenvalue weighted by atomic mass is 9.76. The third-order valence-corrected chi connectivity index (χ3v) is 5.41. The van der Waals surface area contributed by atoms with Crippen LogP contribution in [0, 0.1) is 6.92 Å². The van der Waals surface area contributed by atoms with Crippen LogP contribution in [0.2, 0.25) is 0 Å². The van der Waals surface area contributed by atoms with Gasteiger partial charge in [0, 0.05) is 0 Å². The molecular weight excluding hydrogens is 372 g/mol. The normalized spacial score (nSPS) is 11.3. The fraction of sp³-hybridized carbons (Fsp3) is 0.154. The molecule has 4 rings (SSSR count). The SMILES string of the molecule is CCOC(=O)c1ncn(C(c2ccccc2)(c2ccccc2)c2ccccc2)c1C. The molecule has 0 fully saturated rings. The van der Waals surface area contributed by atoms with Crippen molar-refractivity contribution in [2.24, 2.45) is 0 Å². The summed E-state index contributed by atoms with van der Waals surface area (Å²) in [7, 11) is 0. The lowest BCUT2D eigenvalue weighted by Gasteiger charge is -2.38. The molecule has 1 heterocycles. The second kappa shape index (κ2) is 8.37. The minimum absolute atomic E-state index is 0.312. The molecule has 0 bridgehead atoms. The van der Waals surface area contributed by atoms with Gasteiger partial charge in [-0.3, -0.25) is 0 Å². The molecule has 0 unspecified atom stereocenters. The van der Waals surface area contributed by atoms with Gasteiger partial charge in [-0.05, 0) is 30.5 Å². The minimum atomic E-state index is -0.689. The monoisotopic (exact) mass is 396 g/mol. The molecule has 0 aliphatic rings. The smallest absolute Gasteiger partial charge is 0.358 e. The highest BCUT2D eigenvalue weighted by Crippen LogP contribution is 2.41. The van der Waals surface area contributed by atoms with Crippen LogP contribution in [0.15, 0.2) is 97.3 Å². The maximum absolute atomic E-state index is 12.5. The van der Waals surface area contributed by atoms with Crippen molar-refractivity contribution in [3.63, 3.8) is 0 Å². The largest absolute Gasteiger partial charge is 0.461 e. The number of esters is 1. The first kappa shape index (κ1) is 19.6. The Morgan fingerprint density at radius 3 is 1.67 bits per heavy atom. The number of carbonyl (C=O) groups is 1. The van der Waals surface area contributed by atoms with E-state index in [-0.39, 0.29) is 0 Å². The van der Waals surface area contributed by atoms with Crippen LogP contribution in [0.3, 0.4) is 0 Å². The molecule has 1 aromatic heterocycles. The first-order chi connectivity index (χ1) is 14.7. The van der Waals surface area contributed by atoms with Gasteiger partial charge in [0.15, 0.2) is 5.69 Å². The van der Waals surface area contributed by atoms with E-state index in [9.17, 15) is 4.79 Å². The molecule has 0 saturated carbocycles. The van der Waals surface area contributed by atoms with E-state index >= 15 is 0 Å². The fourth-order valence-electron chi connectivity index (χ4n) is 4.10. The quantitative estimate of drug-likeness (QED) is 0.332. The van der Waals surface area contributed by atoms with Crippen molar-refractivity contribution in [3.05, 3.63) is 125 Å². The molecule has 0 aliphatic carbocycles. The van der Waals surface area contributed by atoms with Crippen molar-refractivity contribution in [3.8, 4) is 0 Å². The molecule has 0 radical (unpaired) electrons. The number of imidazole rings is 1. The molecular formula is C26H24N2O2. The summed E-state index contributed by atoms with van der Waals surface area (Å²) < 4.78 is 7.32. The number of aromatic nitrogens is 2. The summed E-state index contributed by atoms with van der Waals surface area (Å²) >= 11 is 0. The van der Waals surface area contributed by atoms with Crippen LogP contribution in [0.25, 0.3) is 0 Å². The average molecular weight is 396 g/mol. The van der Waals surface area contributed by atoms with E-state index in [4.69, 9.17) is 4.74 Å². The van der Waals surface area contributed by atoms with E-state index in [0.29, 0.717) is 12.3 Å². The Kier molecular flexibility index (Phi) is 5.48. The molecule has 0 amide bonds. The predicted octanol–water partition coefficient (Wildman–Crippen LogP) is 5.21. The van der Waals surface area contributed by atoms with Crippen molar-refractivity contribution < 1.29 is 9.53 Å². The summed E-state index contributed by atoms with van der Waals surface area (Å²) in [6.45, 7) is 4.03. The molecule has 150 valence electrons. The zero-order valence-electron chi connectivity index (χ0n) is 17.2. The van der Waals surface area contributed by atoms with Crippen LogP contribution in [0.5, 0.6) is 0 Å². The lowest BCUT2D eigenvalue weighted by Crippen LogP contribution is -2.38. The van der Waals surface area contributed by atoms with E-state index in [2.05, 4.69) is 45.9 Å². The molecule has 0 saturated heterocycles.